The van der Waals surface area contributed by atoms with Gasteiger partial charge in [-0.25, -0.2) is 4.79 Å². The summed E-state index contributed by atoms with van der Waals surface area (Å²) in [5.74, 6) is -1.31. The van der Waals surface area contributed by atoms with Crippen LogP contribution in [0.1, 0.15) is 41.9 Å². The molecule has 0 bridgehead atoms. The third-order valence-corrected chi connectivity index (χ3v) is 4.10. The van der Waals surface area contributed by atoms with Gasteiger partial charge in [-0.15, -0.1) is 11.3 Å². The van der Waals surface area contributed by atoms with E-state index < -0.39 is 5.97 Å². The molecule has 0 aromatic carbocycles. The third-order valence-electron chi connectivity index (χ3n) is 3.10. The van der Waals surface area contributed by atoms with E-state index in [4.69, 9.17) is 5.11 Å². The van der Waals surface area contributed by atoms with Crippen molar-refractivity contribution >= 4 is 23.2 Å². The van der Waals surface area contributed by atoms with E-state index in [1.807, 2.05) is 19.1 Å². The number of H-pyrrole nitrogens is 1. The van der Waals surface area contributed by atoms with Crippen LogP contribution in [-0.2, 0) is 6.54 Å². The maximum atomic E-state index is 12.2. The van der Waals surface area contributed by atoms with Gasteiger partial charge in [-0.1, -0.05) is 0 Å². The second-order valence-electron chi connectivity index (χ2n) is 4.63. The Balaban J connectivity index is 2.15. The number of carboxylic acid groups (broad SMARTS) is 1. The van der Waals surface area contributed by atoms with Gasteiger partial charge >= 0.3 is 5.97 Å². The number of aromatic carboxylic acids is 1. The van der Waals surface area contributed by atoms with Crippen molar-refractivity contribution in [2.75, 3.05) is 0 Å². The van der Waals surface area contributed by atoms with Crippen LogP contribution in [0.4, 0.5) is 0 Å². The minimum Gasteiger partial charge on any atom is -0.477 e. The molecule has 0 saturated heterocycles. The molecule has 0 atom stereocenters. The predicted molar refractivity (Wildman–Crippen MR) is 77.5 cm³/mol. The maximum absolute atomic E-state index is 12.2. The van der Waals surface area contributed by atoms with E-state index in [-0.39, 0.29) is 11.6 Å². The number of aryl methyl sites for hydroxylation is 2. The molecule has 0 aliphatic rings. The number of carbonyl (C=O) groups is 2. The quantitative estimate of drug-likeness (QED) is 0.810. The summed E-state index contributed by atoms with van der Waals surface area (Å²) in [6, 6.07) is 3.97. The fourth-order valence-electron chi connectivity index (χ4n) is 2.14. The molecule has 2 heterocycles. The summed E-state index contributed by atoms with van der Waals surface area (Å²) in [6.45, 7) is 5.79. The Morgan fingerprint density at radius 2 is 2.00 bits per heavy atom. The van der Waals surface area contributed by atoms with Crippen LogP contribution < -0.4 is 5.32 Å². The van der Waals surface area contributed by atoms with Gasteiger partial charge in [-0.2, -0.15) is 0 Å². The fraction of sp³-hybridized carbons (Fsp3) is 0.286. The first-order chi connectivity index (χ1) is 9.40. The van der Waals surface area contributed by atoms with Crippen molar-refractivity contribution in [1.82, 2.24) is 10.3 Å². The van der Waals surface area contributed by atoms with E-state index in [1.165, 1.54) is 4.88 Å². The smallest absolute Gasteiger partial charge is 0.352 e. The highest BCUT2D eigenvalue weighted by Gasteiger charge is 2.21. The Bertz CT molecular complexity index is 670. The molecule has 6 heteroatoms. The third kappa shape index (κ3) is 2.75. The normalized spacial score (nSPS) is 10.6. The zero-order valence-corrected chi connectivity index (χ0v) is 12.4. The van der Waals surface area contributed by atoms with Crippen LogP contribution in [0.5, 0.6) is 0 Å². The van der Waals surface area contributed by atoms with Crippen LogP contribution in [0.25, 0.3) is 0 Å². The second-order valence-corrected chi connectivity index (χ2v) is 6.00. The largest absolute Gasteiger partial charge is 0.477 e. The van der Waals surface area contributed by atoms with Crippen LogP contribution in [0.2, 0.25) is 0 Å². The van der Waals surface area contributed by atoms with E-state index in [2.05, 4.69) is 10.3 Å². The summed E-state index contributed by atoms with van der Waals surface area (Å²) >= 11 is 1.63. The molecule has 0 spiro atoms. The summed E-state index contributed by atoms with van der Waals surface area (Å²) in [5, 5.41) is 11.9. The van der Waals surface area contributed by atoms with Crippen molar-refractivity contribution in [2.45, 2.75) is 27.3 Å². The van der Waals surface area contributed by atoms with Gasteiger partial charge in [0.15, 0.2) is 0 Å². The number of hydrogen-bond donors (Lipinski definition) is 3. The van der Waals surface area contributed by atoms with Gasteiger partial charge in [-0.05, 0) is 38.5 Å². The van der Waals surface area contributed by atoms with Crippen molar-refractivity contribution in [1.29, 1.82) is 0 Å². The minimum absolute atomic E-state index is 0.0691. The zero-order valence-electron chi connectivity index (χ0n) is 11.5. The highest BCUT2D eigenvalue weighted by Crippen LogP contribution is 2.19. The molecule has 3 N–H and O–H groups in total. The molecule has 0 saturated carbocycles. The Morgan fingerprint density at radius 3 is 2.50 bits per heavy atom. The second kappa shape index (κ2) is 5.50. The van der Waals surface area contributed by atoms with Crippen LogP contribution >= 0.6 is 11.3 Å². The summed E-state index contributed by atoms with van der Waals surface area (Å²) < 4.78 is 0. The number of rotatable bonds is 4. The van der Waals surface area contributed by atoms with Crippen LogP contribution in [-0.4, -0.2) is 22.0 Å². The highest BCUT2D eigenvalue weighted by molar-refractivity contribution is 7.11. The lowest BCUT2D eigenvalue weighted by Crippen LogP contribution is -2.23. The Kier molecular flexibility index (Phi) is 3.94. The van der Waals surface area contributed by atoms with Crippen molar-refractivity contribution < 1.29 is 14.7 Å². The summed E-state index contributed by atoms with van der Waals surface area (Å²) in [6.07, 6.45) is 0. The standard InChI is InChI=1S/C14H16N2O3S/c1-7-4-5-10(20-7)6-15-13(17)11-8(2)12(14(18)19)16-9(11)3/h4-5,16H,6H2,1-3H3,(H,15,17)(H,18,19). The molecule has 5 nitrogen and oxygen atoms in total. The number of nitrogens with one attached hydrogen (secondary N) is 2. The first kappa shape index (κ1) is 14.3. The maximum Gasteiger partial charge on any atom is 0.352 e. The lowest BCUT2D eigenvalue weighted by molar-refractivity contribution is 0.0690. The van der Waals surface area contributed by atoms with Gasteiger partial charge in [0.05, 0.1) is 12.1 Å². The molecule has 106 valence electrons. The van der Waals surface area contributed by atoms with Gasteiger partial charge < -0.3 is 15.4 Å². The number of carbonyl (C=O) groups excluding carboxylic acids is 1. The predicted octanol–water partition coefficient (Wildman–Crippen LogP) is 2.63. The monoisotopic (exact) mass is 292 g/mol. The molecular weight excluding hydrogens is 276 g/mol. The number of thiophene rings is 1. The van der Waals surface area contributed by atoms with Gasteiger partial charge in [-0.3, -0.25) is 4.79 Å². The molecule has 2 aromatic rings. The molecule has 20 heavy (non-hydrogen) atoms. The van der Waals surface area contributed by atoms with Gasteiger partial charge in [0, 0.05) is 15.4 Å². The number of aromatic nitrogens is 1. The molecule has 1 amide bonds. The van der Waals surface area contributed by atoms with Crippen LogP contribution in [0.15, 0.2) is 12.1 Å². The van der Waals surface area contributed by atoms with E-state index in [9.17, 15) is 9.59 Å². The van der Waals surface area contributed by atoms with Gasteiger partial charge in [0.2, 0.25) is 0 Å². The molecule has 2 aromatic heterocycles. The Hall–Kier alpha value is -2.08. The summed E-state index contributed by atoms with van der Waals surface area (Å²) in [4.78, 5) is 28.2. The Morgan fingerprint density at radius 1 is 1.30 bits per heavy atom. The molecule has 0 aliphatic heterocycles. The minimum atomic E-state index is -1.06. The van der Waals surface area contributed by atoms with Crippen molar-refractivity contribution in [3.05, 3.63) is 44.4 Å². The number of hydrogen-bond acceptors (Lipinski definition) is 3. The average molecular weight is 292 g/mol. The Labute approximate surface area is 120 Å². The number of carboxylic acids is 1. The molecule has 0 radical (unpaired) electrons. The molecule has 2 rings (SSSR count). The first-order valence-corrected chi connectivity index (χ1v) is 6.97. The SMILES string of the molecule is Cc1ccc(CNC(=O)c2c(C)[nH]c(C(=O)O)c2C)s1. The van der Waals surface area contributed by atoms with E-state index in [0.717, 1.165) is 4.88 Å². The van der Waals surface area contributed by atoms with Crippen LogP contribution in [0, 0.1) is 20.8 Å². The molecule has 0 aliphatic carbocycles. The van der Waals surface area contributed by atoms with Crippen LogP contribution in [0.3, 0.4) is 0 Å². The zero-order chi connectivity index (χ0) is 14.9. The number of aromatic amines is 1. The van der Waals surface area contributed by atoms with E-state index >= 15 is 0 Å². The van der Waals surface area contributed by atoms with Crippen molar-refractivity contribution in [2.24, 2.45) is 0 Å². The van der Waals surface area contributed by atoms with Gasteiger partial charge in [0.1, 0.15) is 5.69 Å². The van der Waals surface area contributed by atoms with E-state index in [1.54, 1.807) is 25.2 Å². The average Bonchev–Trinajstić information content (AvgIpc) is 2.91. The molecular formula is C14H16N2O3S. The fourth-order valence-corrected chi connectivity index (χ4v) is 2.97. The van der Waals surface area contributed by atoms with Crippen molar-refractivity contribution in [3.8, 4) is 0 Å². The van der Waals surface area contributed by atoms with Gasteiger partial charge in [0.25, 0.3) is 5.91 Å². The topological polar surface area (TPSA) is 82.2 Å². The first-order valence-electron chi connectivity index (χ1n) is 6.16. The summed E-state index contributed by atoms with van der Waals surface area (Å²) in [5.41, 5.74) is 1.52. The lowest BCUT2D eigenvalue weighted by Gasteiger charge is -2.04. The lowest BCUT2D eigenvalue weighted by atomic mass is 10.1. The van der Waals surface area contributed by atoms with E-state index in [0.29, 0.717) is 23.4 Å². The highest BCUT2D eigenvalue weighted by atomic mass is 32.1. The molecule has 0 unspecified atom stereocenters. The van der Waals surface area contributed by atoms with Crippen molar-refractivity contribution in [3.63, 3.8) is 0 Å². The number of amides is 1. The molecule has 0 fully saturated rings. The summed E-state index contributed by atoms with van der Waals surface area (Å²) in [7, 11) is 0.